The fourth-order valence-electron chi connectivity index (χ4n) is 3.80. The van der Waals surface area contributed by atoms with Gasteiger partial charge in [0.05, 0.1) is 0 Å². The molecule has 2 unspecified atom stereocenters. The Morgan fingerprint density at radius 1 is 1.00 bits per heavy atom. The lowest BCUT2D eigenvalue weighted by atomic mass is 10.2. The van der Waals surface area contributed by atoms with Crippen LogP contribution in [0.2, 0.25) is 0 Å². The van der Waals surface area contributed by atoms with Crippen LogP contribution in [0.15, 0.2) is 24.3 Å². The van der Waals surface area contributed by atoms with Gasteiger partial charge >= 0.3 is 0 Å². The van der Waals surface area contributed by atoms with E-state index in [1.54, 1.807) is 50.3 Å². The molecule has 0 radical (unpaired) electrons. The van der Waals surface area contributed by atoms with Crippen molar-refractivity contribution in [3.8, 4) is 5.75 Å². The van der Waals surface area contributed by atoms with Crippen molar-refractivity contribution < 1.29 is 4.74 Å². The van der Waals surface area contributed by atoms with Crippen molar-refractivity contribution in [1.82, 2.24) is 0 Å². The second kappa shape index (κ2) is 8.12. The lowest BCUT2D eigenvalue weighted by molar-refractivity contribution is 0.328. The van der Waals surface area contributed by atoms with Crippen molar-refractivity contribution in [2.45, 2.75) is 57.5 Å². The third-order valence-corrected chi connectivity index (χ3v) is 12.1. The quantitative estimate of drug-likeness (QED) is 0.625. The molecule has 2 bridgehead atoms. The van der Waals surface area contributed by atoms with Crippen LogP contribution in [0.25, 0.3) is 0 Å². The molecule has 1 nitrogen and oxygen atoms in total. The maximum atomic E-state index is 5.18. The fourth-order valence-corrected chi connectivity index (χ4v) is 10.3. The summed E-state index contributed by atoms with van der Waals surface area (Å²) in [5, 5.41) is 0. The van der Waals surface area contributed by atoms with E-state index in [0.29, 0.717) is 15.8 Å². The van der Waals surface area contributed by atoms with Crippen molar-refractivity contribution in [3.05, 3.63) is 29.8 Å². The van der Waals surface area contributed by atoms with E-state index in [0.717, 1.165) is 23.7 Å². The maximum absolute atomic E-state index is 5.18. The van der Waals surface area contributed by atoms with Crippen LogP contribution in [-0.4, -0.2) is 36.0 Å². The van der Waals surface area contributed by atoms with Gasteiger partial charge in [-0.2, -0.15) is 0 Å². The van der Waals surface area contributed by atoms with Crippen molar-refractivity contribution in [2.24, 2.45) is 0 Å². The molecule has 4 atom stereocenters. The number of ether oxygens (including phenoxy) is 1. The second-order valence-electron chi connectivity index (χ2n) is 6.99. The molecule has 22 heavy (non-hydrogen) atoms. The Morgan fingerprint density at radius 2 is 1.64 bits per heavy atom. The summed E-state index contributed by atoms with van der Waals surface area (Å²) in [4.78, 5) is 0. The molecular formula is C19H30OP2. The van der Waals surface area contributed by atoms with Crippen LogP contribution in [0, 0.1) is 0 Å². The minimum Gasteiger partial charge on any atom is -0.489 e. The summed E-state index contributed by atoms with van der Waals surface area (Å²) in [5.41, 5.74) is 3.50. The van der Waals surface area contributed by atoms with Gasteiger partial charge in [0.2, 0.25) is 0 Å². The number of fused-ring (bicyclic) bond motifs is 2. The van der Waals surface area contributed by atoms with Crippen molar-refractivity contribution in [1.29, 1.82) is 0 Å². The summed E-state index contributed by atoms with van der Waals surface area (Å²) in [5.74, 6) is 1.00. The van der Waals surface area contributed by atoms with Gasteiger partial charge in [-0.25, -0.2) is 0 Å². The van der Waals surface area contributed by atoms with E-state index in [1.165, 1.54) is 5.56 Å². The first-order valence-electron chi connectivity index (χ1n) is 8.92. The van der Waals surface area contributed by atoms with E-state index in [1.807, 2.05) is 12.1 Å². The van der Waals surface area contributed by atoms with Crippen LogP contribution < -0.4 is 4.74 Å². The molecule has 0 aliphatic carbocycles. The third-order valence-electron chi connectivity index (χ3n) is 5.36. The highest BCUT2D eigenvalue weighted by molar-refractivity contribution is 7.62. The summed E-state index contributed by atoms with van der Waals surface area (Å²) in [6.45, 7) is 5.77. The van der Waals surface area contributed by atoms with Crippen LogP contribution in [0.4, 0.5) is 0 Å². The van der Waals surface area contributed by atoms with Gasteiger partial charge in [-0.05, 0) is 79.3 Å². The molecule has 0 N–H and O–H groups in total. The lowest BCUT2D eigenvalue weighted by Crippen LogP contribution is -2.02. The molecule has 122 valence electrons. The maximum Gasteiger partial charge on any atom is 0.120 e. The summed E-state index contributed by atoms with van der Waals surface area (Å²) < 4.78 is 5.18. The van der Waals surface area contributed by atoms with Gasteiger partial charge in [-0.1, -0.05) is 26.0 Å². The van der Waals surface area contributed by atoms with Crippen molar-refractivity contribution in [3.63, 3.8) is 0 Å². The average Bonchev–Trinajstić information content (AvgIpc) is 3.20. The molecule has 2 saturated heterocycles. The Labute approximate surface area is 138 Å². The molecule has 0 spiro atoms. The van der Waals surface area contributed by atoms with Gasteiger partial charge in [0.25, 0.3) is 0 Å². The first kappa shape index (κ1) is 16.7. The van der Waals surface area contributed by atoms with Crippen LogP contribution in [-0.2, 0) is 6.61 Å². The number of hydrogen-bond acceptors (Lipinski definition) is 1. The molecule has 2 fully saturated rings. The second-order valence-corrected chi connectivity index (χ2v) is 12.9. The molecule has 0 amide bonds. The molecule has 3 heterocycles. The molecule has 3 aliphatic heterocycles. The Hall–Kier alpha value is -0.120. The summed E-state index contributed by atoms with van der Waals surface area (Å²) in [7, 11) is 0.949. The molecule has 3 aliphatic rings. The molecule has 4 rings (SSSR count). The van der Waals surface area contributed by atoms with Gasteiger partial charge in [-0.15, -0.1) is 15.8 Å². The zero-order valence-electron chi connectivity index (χ0n) is 14.1. The summed E-state index contributed by atoms with van der Waals surface area (Å²) >= 11 is 0. The Bertz CT molecular complexity index is 437. The SMILES string of the molecule is C[C@@H]1CCCP1CCP1CCC[C@H]1C.c1cc2cc(c1)OC2. The van der Waals surface area contributed by atoms with Crippen LogP contribution in [0.5, 0.6) is 5.75 Å². The van der Waals surface area contributed by atoms with E-state index in [4.69, 9.17) is 4.74 Å². The van der Waals surface area contributed by atoms with Gasteiger partial charge in [0, 0.05) is 0 Å². The van der Waals surface area contributed by atoms with Gasteiger partial charge in [0.1, 0.15) is 12.4 Å². The Morgan fingerprint density at radius 3 is 2.09 bits per heavy atom. The Balaban J connectivity index is 0.000000151. The first-order valence-corrected chi connectivity index (χ1v) is 12.5. The zero-order valence-corrected chi connectivity index (χ0v) is 15.9. The minimum atomic E-state index is 0.475. The minimum absolute atomic E-state index is 0.475. The normalized spacial score (nSPS) is 32.5. The van der Waals surface area contributed by atoms with E-state index < -0.39 is 0 Å². The smallest absolute Gasteiger partial charge is 0.120 e. The third kappa shape index (κ3) is 4.46. The largest absolute Gasteiger partial charge is 0.489 e. The highest BCUT2D eigenvalue weighted by Gasteiger charge is 2.26. The molecule has 1 aromatic carbocycles. The zero-order chi connectivity index (χ0) is 15.4. The molecule has 1 aromatic rings. The standard InChI is InChI=1S/C12H24P2.C7H6O/c1-11-5-3-7-13(11)9-10-14-8-4-6-12(14)2;1-2-6-4-7(3-1)8-5-6/h11-12H,3-10H2,1-2H3;1-4H,5H2/t11-,12-,13?,14?;/m1./s1. The number of rotatable bonds is 3. The molecule has 0 saturated carbocycles. The van der Waals surface area contributed by atoms with Gasteiger partial charge < -0.3 is 4.74 Å². The van der Waals surface area contributed by atoms with Crippen LogP contribution in [0.1, 0.15) is 45.1 Å². The van der Waals surface area contributed by atoms with E-state index in [-0.39, 0.29) is 0 Å². The highest BCUT2D eigenvalue weighted by Crippen LogP contribution is 2.55. The Kier molecular flexibility index (Phi) is 6.17. The van der Waals surface area contributed by atoms with Crippen LogP contribution in [0.3, 0.4) is 0 Å². The summed E-state index contributed by atoms with van der Waals surface area (Å²) in [6.07, 6.45) is 12.6. The fraction of sp³-hybridized carbons (Fsp3) is 0.684. The molecule has 0 aromatic heterocycles. The monoisotopic (exact) mass is 336 g/mol. The summed E-state index contributed by atoms with van der Waals surface area (Å²) in [6, 6.07) is 8.10. The number of hydrogen-bond donors (Lipinski definition) is 0. The molecular weight excluding hydrogens is 306 g/mol. The number of benzene rings is 1. The van der Waals surface area contributed by atoms with Crippen molar-refractivity contribution >= 4 is 15.8 Å². The first-order chi connectivity index (χ1) is 10.7. The predicted octanol–water partition coefficient (Wildman–Crippen LogP) is 5.89. The van der Waals surface area contributed by atoms with Gasteiger partial charge in [0.15, 0.2) is 0 Å². The van der Waals surface area contributed by atoms with Crippen LogP contribution >= 0.6 is 15.8 Å². The van der Waals surface area contributed by atoms with E-state index >= 15 is 0 Å². The topological polar surface area (TPSA) is 9.23 Å². The van der Waals surface area contributed by atoms with E-state index in [2.05, 4.69) is 26.0 Å². The highest BCUT2D eigenvalue weighted by atomic mass is 31.1. The lowest BCUT2D eigenvalue weighted by Gasteiger charge is -2.21. The molecule has 3 heteroatoms. The van der Waals surface area contributed by atoms with Crippen molar-refractivity contribution in [2.75, 3.05) is 24.6 Å². The average molecular weight is 336 g/mol. The van der Waals surface area contributed by atoms with E-state index in [9.17, 15) is 0 Å². The predicted molar refractivity (Wildman–Crippen MR) is 101 cm³/mol. The van der Waals surface area contributed by atoms with Gasteiger partial charge in [-0.3, -0.25) is 0 Å².